The molecule has 0 radical (unpaired) electrons. The summed E-state index contributed by atoms with van der Waals surface area (Å²) in [6.07, 6.45) is 5.00. The van der Waals surface area contributed by atoms with E-state index >= 15 is 0 Å². The summed E-state index contributed by atoms with van der Waals surface area (Å²) in [6.45, 7) is 0. The van der Waals surface area contributed by atoms with Crippen molar-refractivity contribution in [2.45, 2.75) is 19.3 Å². The Hall–Kier alpha value is -1.94. The Morgan fingerprint density at radius 3 is 2.63 bits per heavy atom. The van der Waals surface area contributed by atoms with Crippen molar-refractivity contribution >= 4 is 23.3 Å². The van der Waals surface area contributed by atoms with E-state index in [0.29, 0.717) is 17.4 Å². The first kappa shape index (κ1) is 13.5. The molecule has 0 atom stereocenters. The van der Waals surface area contributed by atoms with Crippen LogP contribution in [-0.2, 0) is 11.2 Å². The Kier molecular flexibility index (Phi) is 4.86. The van der Waals surface area contributed by atoms with Crippen LogP contribution in [0.3, 0.4) is 0 Å². The second-order valence-corrected chi connectivity index (χ2v) is 4.50. The van der Waals surface area contributed by atoms with Gasteiger partial charge in [-0.25, -0.2) is 9.97 Å². The van der Waals surface area contributed by atoms with Crippen LogP contribution in [0.5, 0.6) is 0 Å². The summed E-state index contributed by atoms with van der Waals surface area (Å²) in [5.41, 5.74) is 1.24. The average Bonchev–Trinajstić information content (AvgIpc) is 2.43. The van der Waals surface area contributed by atoms with Crippen molar-refractivity contribution < 1.29 is 4.79 Å². The van der Waals surface area contributed by atoms with Gasteiger partial charge in [-0.3, -0.25) is 4.79 Å². The number of carbonyl (C=O) groups is 1. The molecule has 19 heavy (non-hydrogen) atoms. The maximum absolute atomic E-state index is 11.7. The van der Waals surface area contributed by atoms with E-state index in [9.17, 15) is 4.79 Å². The molecule has 2 rings (SSSR count). The van der Waals surface area contributed by atoms with Crippen LogP contribution in [0.4, 0.5) is 5.82 Å². The minimum absolute atomic E-state index is 0.0625. The number of amides is 1. The second-order valence-electron chi connectivity index (χ2n) is 4.11. The third-order valence-corrected chi connectivity index (χ3v) is 2.80. The van der Waals surface area contributed by atoms with Crippen molar-refractivity contribution in [2.75, 3.05) is 5.32 Å². The van der Waals surface area contributed by atoms with E-state index in [0.717, 1.165) is 12.8 Å². The van der Waals surface area contributed by atoms with Crippen LogP contribution in [0.1, 0.15) is 18.4 Å². The molecule has 0 unspecified atom stereocenters. The molecule has 0 saturated carbocycles. The van der Waals surface area contributed by atoms with Gasteiger partial charge in [-0.1, -0.05) is 41.9 Å². The Morgan fingerprint density at radius 1 is 1.16 bits per heavy atom. The molecule has 5 heteroatoms. The van der Waals surface area contributed by atoms with Crippen molar-refractivity contribution in [3.63, 3.8) is 0 Å². The predicted molar refractivity (Wildman–Crippen MR) is 75.1 cm³/mol. The van der Waals surface area contributed by atoms with Gasteiger partial charge in [-0.05, 0) is 18.4 Å². The standard InChI is InChI=1S/C14H14ClN3O/c15-12-9-17-13(10-16-12)18-14(19)8-4-7-11-5-2-1-3-6-11/h1-3,5-6,9-10H,4,7-8H2,(H,17,18,19). The number of rotatable bonds is 5. The first-order valence-electron chi connectivity index (χ1n) is 6.05. The van der Waals surface area contributed by atoms with Crippen molar-refractivity contribution in [1.29, 1.82) is 0 Å². The zero-order chi connectivity index (χ0) is 13.5. The summed E-state index contributed by atoms with van der Waals surface area (Å²) in [5, 5.41) is 2.99. The lowest BCUT2D eigenvalue weighted by atomic mass is 10.1. The fraction of sp³-hybridized carbons (Fsp3) is 0.214. The van der Waals surface area contributed by atoms with Gasteiger partial charge in [-0.2, -0.15) is 0 Å². The van der Waals surface area contributed by atoms with E-state index in [1.54, 1.807) is 0 Å². The molecule has 0 aliphatic carbocycles. The van der Waals surface area contributed by atoms with Gasteiger partial charge in [-0.15, -0.1) is 0 Å². The minimum atomic E-state index is -0.0625. The highest BCUT2D eigenvalue weighted by Gasteiger charge is 2.03. The third kappa shape index (κ3) is 4.67. The first-order valence-corrected chi connectivity index (χ1v) is 6.43. The van der Waals surface area contributed by atoms with E-state index in [4.69, 9.17) is 11.6 Å². The van der Waals surface area contributed by atoms with Gasteiger partial charge in [0.15, 0.2) is 5.82 Å². The molecule has 0 bridgehead atoms. The van der Waals surface area contributed by atoms with Gasteiger partial charge >= 0.3 is 0 Å². The van der Waals surface area contributed by atoms with E-state index in [1.807, 2.05) is 18.2 Å². The molecule has 2 aromatic rings. The normalized spacial score (nSPS) is 10.2. The number of nitrogens with zero attached hydrogens (tertiary/aromatic N) is 2. The number of nitrogens with one attached hydrogen (secondary N) is 1. The first-order chi connectivity index (χ1) is 9.24. The van der Waals surface area contributed by atoms with Gasteiger partial charge < -0.3 is 5.32 Å². The highest BCUT2D eigenvalue weighted by atomic mass is 35.5. The maximum atomic E-state index is 11.7. The summed E-state index contributed by atoms with van der Waals surface area (Å²) in [6, 6.07) is 10.1. The monoisotopic (exact) mass is 275 g/mol. The molecular weight excluding hydrogens is 262 g/mol. The Balaban J connectivity index is 1.74. The van der Waals surface area contributed by atoms with Crippen LogP contribution in [0.2, 0.25) is 5.15 Å². The smallest absolute Gasteiger partial charge is 0.225 e. The number of aromatic nitrogens is 2. The molecule has 0 aliphatic rings. The average molecular weight is 276 g/mol. The van der Waals surface area contributed by atoms with E-state index in [-0.39, 0.29) is 5.91 Å². The third-order valence-electron chi connectivity index (χ3n) is 2.60. The molecule has 1 N–H and O–H groups in total. The molecule has 1 aromatic heterocycles. The van der Waals surface area contributed by atoms with Gasteiger partial charge in [0.25, 0.3) is 0 Å². The van der Waals surface area contributed by atoms with Crippen LogP contribution >= 0.6 is 11.6 Å². The van der Waals surface area contributed by atoms with Crippen LogP contribution in [0.15, 0.2) is 42.7 Å². The predicted octanol–water partition coefficient (Wildman–Crippen LogP) is 3.09. The van der Waals surface area contributed by atoms with Crippen LogP contribution in [-0.4, -0.2) is 15.9 Å². The summed E-state index contributed by atoms with van der Waals surface area (Å²) in [5.74, 6) is 0.363. The molecule has 4 nitrogen and oxygen atoms in total. The molecule has 98 valence electrons. The summed E-state index contributed by atoms with van der Waals surface area (Å²) < 4.78 is 0. The molecule has 1 heterocycles. The molecule has 1 aromatic carbocycles. The number of halogens is 1. The molecule has 0 spiro atoms. The van der Waals surface area contributed by atoms with Gasteiger partial charge in [0, 0.05) is 6.42 Å². The zero-order valence-corrected chi connectivity index (χ0v) is 11.1. The molecule has 0 aliphatic heterocycles. The summed E-state index contributed by atoms with van der Waals surface area (Å²) in [7, 11) is 0. The number of anilines is 1. The van der Waals surface area contributed by atoms with Crippen LogP contribution in [0, 0.1) is 0 Å². The number of carbonyl (C=O) groups excluding carboxylic acids is 1. The summed E-state index contributed by atoms with van der Waals surface area (Å²) >= 11 is 5.61. The number of benzene rings is 1. The summed E-state index contributed by atoms with van der Waals surface area (Å²) in [4.78, 5) is 19.5. The van der Waals surface area contributed by atoms with E-state index in [2.05, 4.69) is 27.4 Å². The lowest BCUT2D eigenvalue weighted by molar-refractivity contribution is -0.116. The van der Waals surface area contributed by atoms with E-state index < -0.39 is 0 Å². The van der Waals surface area contributed by atoms with Gasteiger partial charge in [0.1, 0.15) is 5.15 Å². The highest BCUT2D eigenvalue weighted by molar-refractivity contribution is 6.29. The van der Waals surface area contributed by atoms with Crippen molar-refractivity contribution in [2.24, 2.45) is 0 Å². The highest BCUT2D eigenvalue weighted by Crippen LogP contribution is 2.08. The van der Waals surface area contributed by atoms with Crippen molar-refractivity contribution in [1.82, 2.24) is 9.97 Å². The molecule has 1 amide bonds. The Bertz CT molecular complexity index is 528. The van der Waals surface area contributed by atoms with Crippen molar-refractivity contribution in [3.8, 4) is 0 Å². The largest absolute Gasteiger partial charge is 0.309 e. The molecule has 0 saturated heterocycles. The Labute approximate surface area is 116 Å². The minimum Gasteiger partial charge on any atom is -0.309 e. The zero-order valence-electron chi connectivity index (χ0n) is 10.3. The quantitative estimate of drug-likeness (QED) is 0.912. The topological polar surface area (TPSA) is 54.9 Å². The fourth-order valence-electron chi connectivity index (χ4n) is 1.68. The second kappa shape index (κ2) is 6.85. The van der Waals surface area contributed by atoms with E-state index in [1.165, 1.54) is 18.0 Å². The van der Waals surface area contributed by atoms with Crippen LogP contribution in [0.25, 0.3) is 0 Å². The van der Waals surface area contributed by atoms with Crippen molar-refractivity contribution in [3.05, 3.63) is 53.4 Å². The maximum Gasteiger partial charge on any atom is 0.225 e. The number of aryl methyl sites for hydroxylation is 1. The van der Waals surface area contributed by atoms with Gasteiger partial charge in [0.05, 0.1) is 12.4 Å². The molecule has 0 fully saturated rings. The van der Waals surface area contributed by atoms with Gasteiger partial charge in [0.2, 0.25) is 5.91 Å². The number of hydrogen-bond donors (Lipinski definition) is 1. The lowest BCUT2D eigenvalue weighted by Gasteiger charge is -2.04. The fourth-order valence-corrected chi connectivity index (χ4v) is 1.78. The van der Waals surface area contributed by atoms with Crippen LogP contribution < -0.4 is 5.32 Å². The Morgan fingerprint density at radius 2 is 1.95 bits per heavy atom. The molecular formula is C14H14ClN3O. The lowest BCUT2D eigenvalue weighted by Crippen LogP contribution is -2.12. The number of hydrogen-bond acceptors (Lipinski definition) is 3. The SMILES string of the molecule is O=C(CCCc1ccccc1)Nc1cnc(Cl)cn1.